The minimum absolute atomic E-state index is 0.458. The first kappa shape index (κ1) is 11.9. The number of furan rings is 1. The quantitative estimate of drug-likeness (QED) is 0.696. The molecule has 0 saturated carbocycles. The Labute approximate surface area is 117 Å². The standard InChI is InChI=1S/C13H8BrN3O2/c14-10-3-4-12(15-6-10)17-7-9(8-18)13(16-17)11-2-1-5-19-11/h1-8H. The maximum atomic E-state index is 11.1. The van der Waals surface area contributed by atoms with Crippen LogP contribution in [0.2, 0.25) is 0 Å². The van der Waals surface area contributed by atoms with Crippen LogP contribution in [0.5, 0.6) is 0 Å². The van der Waals surface area contributed by atoms with Gasteiger partial charge in [-0.2, -0.15) is 5.10 Å². The van der Waals surface area contributed by atoms with Crippen LogP contribution in [0.15, 0.2) is 51.8 Å². The van der Waals surface area contributed by atoms with Crippen LogP contribution < -0.4 is 0 Å². The molecule has 0 radical (unpaired) electrons. The fourth-order valence-electron chi connectivity index (χ4n) is 1.70. The van der Waals surface area contributed by atoms with Crippen LogP contribution in [0, 0.1) is 0 Å². The van der Waals surface area contributed by atoms with Crippen LogP contribution >= 0.6 is 15.9 Å². The second kappa shape index (κ2) is 4.81. The molecule has 0 spiro atoms. The largest absolute Gasteiger partial charge is 0.463 e. The Balaban J connectivity index is 2.09. The smallest absolute Gasteiger partial charge is 0.154 e. The molecule has 0 unspecified atom stereocenters. The molecular weight excluding hydrogens is 310 g/mol. The molecule has 0 aliphatic carbocycles. The third kappa shape index (κ3) is 2.22. The van der Waals surface area contributed by atoms with Gasteiger partial charge in [-0.1, -0.05) is 0 Å². The second-order valence-corrected chi connectivity index (χ2v) is 4.72. The van der Waals surface area contributed by atoms with Crippen molar-refractivity contribution >= 4 is 22.2 Å². The SMILES string of the molecule is O=Cc1cn(-c2ccc(Br)cn2)nc1-c1ccco1. The van der Waals surface area contributed by atoms with Gasteiger partial charge in [-0.05, 0) is 40.2 Å². The highest BCUT2D eigenvalue weighted by Crippen LogP contribution is 2.22. The molecule has 0 fully saturated rings. The summed E-state index contributed by atoms with van der Waals surface area (Å²) in [5.74, 6) is 1.18. The summed E-state index contributed by atoms with van der Waals surface area (Å²) in [4.78, 5) is 15.3. The van der Waals surface area contributed by atoms with E-state index in [1.807, 2.05) is 6.07 Å². The van der Waals surface area contributed by atoms with E-state index < -0.39 is 0 Å². The van der Waals surface area contributed by atoms with Gasteiger partial charge in [0.05, 0.1) is 11.8 Å². The zero-order valence-corrected chi connectivity index (χ0v) is 11.2. The lowest BCUT2D eigenvalue weighted by atomic mass is 10.2. The van der Waals surface area contributed by atoms with E-state index in [-0.39, 0.29) is 0 Å². The molecule has 0 aliphatic heterocycles. The summed E-state index contributed by atoms with van der Waals surface area (Å²) in [6.07, 6.45) is 5.59. The average Bonchev–Trinajstić information content (AvgIpc) is 3.08. The summed E-state index contributed by atoms with van der Waals surface area (Å²) in [5.41, 5.74) is 0.962. The molecule has 0 saturated heterocycles. The van der Waals surface area contributed by atoms with Crippen molar-refractivity contribution < 1.29 is 9.21 Å². The highest BCUT2D eigenvalue weighted by molar-refractivity contribution is 9.10. The van der Waals surface area contributed by atoms with Gasteiger partial charge in [0.15, 0.2) is 17.9 Å². The van der Waals surface area contributed by atoms with E-state index in [9.17, 15) is 4.79 Å². The van der Waals surface area contributed by atoms with Crippen molar-refractivity contribution in [2.75, 3.05) is 0 Å². The Hall–Kier alpha value is -2.21. The summed E-state index contributed by atoms with van der Waals surface area (Å²) in [6.45, 7) is 0. The number of aldehydes is 1. The number of hydrogen-bond acceptors (Lipinski definition) is 4. The summed E-state index contributed by atoms with van der Waals surface area (Å²) in [6, 6.07) is 7.17. The molecule has 94 valence electrons. The molecule has 3 heterocycles. The van der Waals surface area contributed by atoms with Crippen molar-refractivity contribution in [2.24, 2.45) is 0 Å². The van der Waals surface area contributed by atoms with Crippen LogP contribution in [-0.2, 0) is 0 Å². The molecule has 0 aliphatic rings. The zero-order valence-electron chi connectivity index (χ0n) is 9.65. The molecule has 6 heteroatoms. The van der Waals surface area contributed by atoms with E-state index in [1.165, 1.54) is 0 Å². The maximum Gasteiger partial charge on any atom is 0.154 e. The molecule has 0 N–H and O–H groups in total. The Morgan fingerprint density at radius 2 is 2.21 bits per heavy atom. The summed E-state index contributed by atoms with van der Waals surface area (Å²) >= 11 is 3.32. The highest BCUT2D eigenvalue weighted by atomic mass is 79.9. The van der Waals surface area contributed by atoms with Gasteiger partial charge in [-0.15, -0.1) is 0 Å². The number of pyridine rings is 1. The molecule has 0 atom stereocenters. The van der Waals surface area contributed by atoms with Gasteiger partial charge >= 0.3 is 0 Å². The number of carbonyl (C=O) groups excluding carboxylic acids is 1. The monoisotopic (exact) mass is 317 g/mol. The number of carbonyl (C=O) groups is 1. The van der Waals surface area contributed by atoms with Crippen molar-refractivity contribution in [3.8, 4) is 17.3 Å². The van der Waals surface area contributed by atoms with Crippen LogP contribution in [0.1, 0.15) is 10.4 Å². The summed E-state index contributed by atoms with van der Waals surface area (Å²) < 4.78 is 7.70. The van der Waals surface area contributed by atoms with Crippen molar-refractivity contribution in [1.29, 1.82) is 0 Å². The van der Waals surface area contributed by atoms with Crippen molar-refractivity contribution in [3.63, 3.8) is 0 Å². The minimum atomic E-state index is 0.458. The Morgan fingerprint density at radius 1 is 1.32 bits per heavy atom. The zero-order chi connectivity index (χ0) is 13.2. The van der Waals surface area contributed by atoms with Crippen molar-refractivity contribution in [3.05, 3.63) is 53.0 Å². The van der Waals surface area contributed by atoms with Gasteiger partial charge in [0.25, 0.3) is 0 Å². The lowest BCUT2D eigenvalue weighted by Gasteiger charge is -1.99. The highest BCUT2D eigenvalue weighted by Gasteiger charge is 2.14. The van der Waals surface area contributed by atoms with Gasteiger partial charge in [0, 0.05) is 16.9 Å². The minimum Gasteiger partial charge on any atom is -0.463 e. The van der Waals surface area contributed by atoms with Gasteiger partial charge in [0.2, 0.25) is 0 Å². The van der Waals surface area contributed by atoms with E-state index in [1.54, 1.807) is 41.5 Å². The molecule has 0 aromatic carbocycles. The molecule has 0 bridgehead atoms. The van der Waals surface area contributed by atoms with Gasteiger partial charge in [0.1, 0.15) is 5.69 Å². The molecule has 3 aromatic rings. The average molecular weight is 318 g/mol. The molecular formula is C13H8BrN3O2. The van der Waals surface area contributed by atoms with Crippen LogP contribution in [-0.4, -0.2) is 21.1 Å². The normalized spacial score (nSPS) is 10.6. The molecule has 19 heavy (non-hydrogen) atoms. The number of rotatable bonds is 3. The third-order valence-corrected chi connectivity index (χ3v) is 3.04. The maximum absolute atomic E-state index is 11.1. The van der Waals surface area contributed by atoms with Gasteiger partial charge < -0.3 is 4.42 Å². The Bertz CT molecular complexity index is 702. The molecule has 5 nitrogen and oxygen atoms in total. The second-order valence-electron chi connectivity index (χ2n) is 3.81. The third-order valence-electron chi connectivity index (χ3n) is 2.57. The lowest BCUT2D eigenvalue weighted by Crippen LogP contribution is -1.97. The topological polar surface area (TPSA) is 60.9 Å². The first-order chi connectivity index (χ1) is 9.28. The fourth-order valence-corrected chi connectivity index (χ4v) is 1.93. The van der Waals surface area contributed by atoms with Gasteiger partial charge in [-0.25, -0.2) is 9.67 Å². The lowest BCUT2D eigenvalue weighted by molar-refractivity contribution is 0.112. The van der Waals surface area contributed by atoms with Crippen LogP contribution in [0.25, 0.3) is 17.3 Å². The molecule has 3 rings (SSSR count). The number of nitrogens with zero attached hydrogens (tertiary/aromatic N) is 3. The Kier molecular flexibility index (Phi) is 3.00. The summed E-state index contributed by atoms with van der Waals surface area (Å²) in [5, 5.41) is 4.34. The van der Waals surface area contributed by atoms with E-state index in [0.717, 1.165) is 10.8 Å². The predicted octanol–water partition coefficient (Wildman–Crippen LogP) is 3.10. The van der Waals surface area contributed by atoms with E-state index in [4.69, 9.17) is 4.42 Å². The first-order valence-corrected chi connectivity index (χ1v) is 6.28. The van der Waals surface area contributed by atoms with Crippen LogP contribution in [0.4, 0.5) is 0 Å². The first-order valence-electron chi connectivity index (χ1n) is 5.48. The fraction of sp³-hybridized carbons (Fsp3) is 0. The summed E-state index contributed by atoms with van der Waals surface area (Å²) in [7, 11) is 0. The number of halogens is 1. The van der Waals surface area contributed by atoms with Crippen molar-refractivity contribution in [2.45, 2.75) is 0 Å². The molecule has 0 amide bonds. The molecule has 3 aromatic heterocycles. The van der Waals surface area contributed by atoms with Crippen LogP contribution in [0.3, 0.4) is 0 Å². The van der Waals surface area contributed by atoms with E-state index >= 15 is 0 Å². The van der Waals surface area contributed by atoms with E-state index in [0.29, 0.717) is 22.8 Å². The number of aromatic nitrogens is 3. The Morgan fingerprint density at radius 3 is 2.84 bits per heavy atom. The van der Waals surface area contributed by atoms with E-state index in [2.05, 4.69) is 26.0 Å². The predicted molar refractivity (Wildman–Crippen MR) is 72.1 cm³/mol. The van der Waals surface area contributed by atoms with Crippen molar-refractivity contribution in [1.82, 2.24) is 14.8 Å². The number of hydrogen-bond donors (Lipinski definition) is 0. The van der Waals surface area contributed by atoms with Gasteiger partial charge in [-0.3, -0.25) is 4.79 Å².